The molecule has 0 unspecified atom stereocenters. The molecule has 18 nitrogen and oxygen atoms in total. The molecule has 6 aliphatic heterocycles. The number of nitrogens with zero attached hydrogens (tertiary/aromatic N) is 6. The zero-order chi connectivity index (χ0) is 51.8. The summed E-state index contributed by atoms with van der Waals surface area (Å²) in [5.74, 6) is -3.00. The number of nitro benzene ring substituents is 1. The number of piperidine rings is 2. The number of rotatable bonds is 11. The lowest BCUT2D eigenvalue weighted by Gasteiger charge is -2.57. The van der Waals surface area contributed by atoms with E-state index in [9.17, 15) is 32.1 Å². The van der Waals surface area contributed by atoms with Crippen LogP contribution in [0.2, 0.25) is 0 Å². The Bertz CT molecular complexity index is 3110. The van der Waals surface area contributed by atoms with Crippen molar-refractivity contribution >= 4 is 55.4 Å². The molecule has 4 atom stereocenters. The van der Waals surface area contributed by atoms with Crippen LogP contribution in [0.3, 0.4) is 0 Å². The van der Waals surface area contributed by atoms with Gasteiger partial charge in [-0.3, -0.25) is 19.8 Å². The van der Waals surface area contributed by atoms with Gasteiger partial charge in [0, 0.05) is 94.2 Å². The number of likely N-dealkylation sites (tertiary alicyclic amines) is 1. The van der Waals surface area contributed by atoms with Gasteiger partial charge >= 0.3 is 0 Å². The van der Waals surface area contributed by atoms with Gasteiger partial charge in [0.05, 0.1) is 59.0 Å². The number of aromatic nitrogens is 2. The first-order chi connectivity index (χ1) is 36.1. The van der Waals surface area contributed by atoms with Gasteiger partial charge in [-0.2, -0.15) is 4.98 Å². The molecule has 1 saturated carbocycles. The molecular formula is C54H63F2N9O9S. The van der Waals surface area contributed by atoms with E-state index in [1.54, 1.807) is 12.3 Å². The highest BCUT2D eigenvalue weighted by Gasteiger charge is 2.50. The number of halogens is 2. The van der Waals surface area contributed by atoms with Crippen LogP contribution in [0.1, 0.15) is 92.2 Å². The van der Waals surface area contributed by atoms with Crippen LogP contribution in [0.25, 0.3) is 11.0 Å². The SMILES string of the molecule is CC(C)c1ccccc1[C@@H]1COCCN1C1CC2(CCN(c3ccc(C(=O)NS(=O)(=O)c4cc5c(c([N+](=O)[O-])c4)N[C@@H](CN4CCC(F)(F)CC4)CO5)c(N4c5cc6cc[nH]c6nc5O[C@H]5COCC[C@@H]54)c3)CC2)C1. The number of nitro groups is 1. The number of morpholine rings is 1. The van der Waals surface area contributed by atoms with Gasteiger partial charge in [0.1, 0.15) is 24.0 Å². The highest BCUT2D eigenvalue weighted by Crippen LogP contribution is 2.54. The number of hydrogen-bond acceptors (Lipinski definition) is 15. The van der Waals surface area contributed by atoms with E-state index in [1.807, 2.05) is 34.1 Å². The van der Waals surface area contributed by atoms with E-state index in [4.69, 9.17) is 23.9 Å². The predicted molar refractivity (Wildman–Crippen MR) is 277 cm³/mol. The van der Waals surface area contributed by atoms with Gasteiger partial charge in [-0.05, 0) is 84.9 Å². The van der Waals surface area contributed by atoms with Gasteiger partial charge in [0.15, 0.2) is 11.4 Å². The average Bonchev–Trinajstić information content (AvgIpc) is 3.86. The fraction of sp³-hybridized carbons (Fsp3) is 0.519. The van der Waals surface area contributed by atoms with Gasteiger partial charge in [0.25, 0.3) is 27.5 Å². The van der Waals surface area contributed by atoms with Crippen LogP contribution >= 0.6 is 0 Å². The Morgan fingerprint density at radius 3 is 2.51 bits per heavy atom. The lowest BCUT2D eigenvalue weighted by molar-refractivity contribution is -0.384. The number of hydrogen-bond donors (Lipinski definition) is 3. The molecule has 0 radical (unpaired) electrons. The molecule has 0 bridgehead atoms. The van der Waals surface area contributed by atoms with Crippen LogP contribution < -0.4 is 29.3 Å². The standard InChI is InChI=1S/C54H63F2N9O9S/c1-33(2)39-5-3-4-6-40(39)46-31-72-22-20-63(46)37-27-53(28-37)11-18-62(19-12-53)36-7-8-41(43(24-36)64-42-10-21-71-32-48(42)74-52-45(64)23-34-9-15-57-50(34)59-52)51(66)60-75(69,70)38-25-44(65(67)68)49-47(26-38)73-30-35(58-49)29-61-16-13-54(55,56)14-17-61/h3-9,15,23-26,33,35,37,42,46,48,58H,10-14,16-22,27-32H2,1-2H3,(H,57,59)(H,60,66)/t35-,42-,46-,48-/m0/s1. The largest absolute Gasteiger partial charge is 0.489 e. The molecule has 2 aromatic heterocycles. The summed E-state index contributed by atoms with van der Waals surface area (Å²) in [4.78, 5) is 43.0. The van der Waals surface area contributed by atoms with Crippen molar-refractivity contribution in [2.75, 3.05) is 87.4 Å². The highest BCUT2D eigenvalue weighted by atomic mass is 32.2. The number of ether oxygens (including phenoxy) is 4. The number of nitrogens with one attached hydrogen (secondary N) is 3. The lowest BCUT2D eigenvalue weighted by Crippen LogP contribution is -2.58. The number of sulfonamides is 1. The Labute approximate surface area is 434 Å². The Morgan fingerprint density at radius 1 is 0.933 bits per heavy atom. The van der Waals surface area contributed by atoms with E-state index in [1.165, 1.54) is 11.1 Å². The number of anilines is 4. The number of fused-ring (bicyclic) bond motifs is 4. The summed E-state index contributed by atoms with van der Waals surface area (Å²) in [5.41, 5.74) is 4.99. The maximum atomic E-state index is 14.8. The molecule has 75 heavy (non-hydrogen) atoms. The monoisotopic (exact) mass is 1050 g/mol. The van der Waals surface area contributed by atoms with E-state index in [0.29, 0.717) is 61.0 Å². The fourth-order valence-electron chi connectivity index (χ4n) is 12.8. The van der Waals surface area contributed by atoms with Crippen molar-refractivity contribution in [2.24, 2.45) is 5.41 Å². The number of aromatic amines is 1. The summed E-state index contributed by atoms with van der Waals surface area (Å²) in [6.07, 6.45) is 5.55. The Balaban J connectivity index is 0.821. The van der Waals surface area contributed by atoms with Crippen LogP contribution in [-0.2, 0) is 19.5 Å². The maximum absolute atomic E-state index is 14.8. The molecule has 398 valence electrons. The third-order valence-corrected chi connectivity index (χ3v) is 18.2. The van der Waals surface area contributed by atoms with Crippen LogP contribution in [0.4, 0.5) is 37.2 Å². The molecule has 21 heteroatoms. The first kappa shape index (κ1) is 49.7. The second-order valence-electron chi connectivity index (χ2n) is 21.9. The number of pyridine rings is 1. The molecule has 1 amide bonds. The van der Waals surface area contributed by atoms with Crippen molar-refractivity contribution in [1.29, 1.82) is 0 Å². The molecule has 3 N–H and O–H groups in total. The molecule has 5 fully saturated rings. The van der Waals surface area contributed by atoms with Crippen LogP contribution in [-0.4, -0.2) is 141 Å². The van der Waals surface area contributed by atoms with Crippen LogP contribution in [0.15, 0.2) is 77.8 Å². The third-order valence-electron chi connectivity index (χ3n) is 16.9. The summed E-state index contributed by atoms with van der Waals surface area (Å²) in [7, 11) is -4.77. The van der Waals surface area contributed by atoms with Gasteiger partial charge in [-0.25, -0.2) is 21.9 Å². The van der Waals surface area contributed by atoms with Crippen molar-refractivity contribution < 1.29 is 45.9 Å². The molecule has 4 saturated heterocycles. The molecule has 1 aliphatic carbocycles. The summed E-state index contributed by atoms with van der Waals surface area (Å²) in [5, 5.41) is 16.5. The minimum Gasteiger partial charge on any atom is -0.489 e. The normalized spacial score (nSPS) is 24.8. The first-order valence-electron chi connectivity index (χ1n) is 26.3. The third kappa shape index (κ3) is 9.52. The molecule has 5 aromatic rings. The van der Waals surface area contributed by atoms with Gasteiger partial charge in [-0.1, -0.05) is 38.1 Å². The zero-order valence-electron chi connectivity index (χ0n) is 42.1. The number of H-pyrrole nitrogens is 1. The summed E-state index contributed by atoms with van der Waals surface area (Å²) in [6, 6.07) is 20.1. The minimum atomic E-state index is -4.77. The molecule has 8 heterocycles. The quantitative estimate of drug-likeness (QED) is 0.0847. The second-order valence-corrected chi connectivity index (χ2v) is 23.5. The van der Waals surface area contributed by atoms with Crippen molar-refractivity contribution in [3.05, 3.63) is 99.7 Å². The Morgan fingerprint density at radius 2 is 1.72 bits per heavy atom. The first-order valence-corrected chi connectivity index (χ1v) is 27.8. The Hall–Kier alpha value is -6.13. The zero-order valence-corrected chi connectivity index (χ0v) is 43.0. The molecule has 7 aliphatic rings. The average molecular weight is 1050 g/mol. The number of amides is 1. The maximum Gasteiger partial charge on any atom is 0.297 e. The van der Waals surface area contributed by atoms with E-state index < -0.39 is 49.5 Å². The fourth-order valence-corrected chi connectivity index (χ4v) is 13.8. The molecular weight excluding hydrogens is 989 g/mol. The van der Waals surface area contributed by atoms with Crippen LogP contribution in [0, 0.1) is 15.5 Å². The van der Waals surface area contributed by atoms with Crippen LogP contribution in [0.5, 0.6) is 11.6 Å². The van der Waals surface area contributed by atoms with E-state index in [-0.39, 0.29) is 73.6 Å². The highest BCUT2D eigenvalue weighted by molar-refractivity contribution is 7.90. The van der Waals surface area contributed by atoms with Crippen molar-refractivity contribution in [1.82, 2.24) is 24.5 Å². The van der Waals surface area contributed by atoms with Crippen molar-refractivity contribution in [3.8, 4) is 11.6 Å². The molecule has 1 spiro atoms. The Kier molecular flexibility index (Phi) is 12.9. The van der Waals surface area contributed by atoms with E-state index in [2.05, 4.69) is 62.9 Å². The van der Waals surface area contributed by atoms with Gasteiger partial charge in [-0.15, -0.1) is 0 Å². The smallest absolute Gasteiger partial charge is 0.297 e. The van der Waals surface area contributed by atoms with Gasteiger partial charge in [0.2, 0.25) is 5.88 Å². The van der Waals surface area contributed by atoms with Crippen molar-refractivity contribution in [2.45, 2.75) is 106 Å². The summed E-state index contributed by atoms with van der Waals surface area (Å²) in [6.45, 7) is 9.76. The second kappa shape index (κ2) is 19.5. The minimum absolute atomic E-state index is 0.00214. The molecule has 12 rings (SSSR count). The molecule has 3 aromatic carbocycles. The summed E-state index contributed by atoms with van der Waals surface area (Å²) >= 11 is 0. The number of benzene rings is 3. The number of carbonyl (C=O) groups excluding carboxylic acids is 1. The number of carbonyl (C=O) groups is 1. The van der Waals surface area contributed by atoms with E-state index in [0.717, 1.165) is 75.1 Å². The topological polar surface area (TPSA) is 197 Å². The summed E-state index contributed by atoms with van der Waals surface area (Å²) < 4.78 is 83.1. The number of alkyl halides is 2. The van der Waals surface area contributed by atoms with Gasteiger partial charge < -0.3 is 43.9 Å². The predicted octanol–water partition coefficient (Wildman–Crippen LogP) is 8.13. The lowest BCUT2D eigenvalue weighted by atomic mass is 9.59. The van der Waals surface area contributed by atoms with Crippen molar-refractivity contribution in [3.63, 3.8) is 0 Å². The van der Waals surface area contributed by atoms with E-state index >= 15 is 0 Å².